The fraction of sp³-hybridized carbons (Fsp3) is 0.250. The number of allylic oxidation sites excluding steroid dienone is 1. The van der Waals surface area contributed by atoms with E-state index in [1.54, 1.807) is 6.20 Å². The van der Waals surface area contributed by atoms with Gasteiger partial charge in [-0.2, -0.15) is 0 Å². The van der Waals surface area contributed by atoms with Crippen molar-refractivity contribution in [2.75, 3.05) is 0 Å². The van der Waals surface area contributed by atoms with Crippen LogP contribution >= 0.6 is 0 Å². The molecule has 0 fully saturated rings. The molecule has 0 aliphatic carbocycles. The summed E-state index contributed by atoms with van der Waals surface area (Å²) in [4.78, 5) is 4.18. The predicted molar refractivity (Wildman–Crippen MR) is 97.4 cm³/mol. The Labute approximate surface area is 134 Å². The fourth-order valence-electron chi connectivity index (χ4n) is 2.01. The monoisotopic (exact) mass is 294 g/mol. The number of nitrogens with zero attached hydrogens (tertiary/aromatic N) is 1. The average molecular weight is 294 g/mol. The second kappa shape index (κ2) is 8.18. The molecule has 0 amide bonds. The lowest BCUT2D eigenvalue weighted by Crippen LogP contribution is -1.94. The molecule has 0 saturated heterocycles. The van der Waals surface area contributed by atoms with Crippen LogP contribution in [-0.2, 0) is 0 Å². The molecular formula is C20H26N2. The summed E-state index contributed by atoms with van der Waals surface area (Å²) >= 11 is 0. The van der Waals surface area contributed by atoms with Crippen molar-refractivity contribution in [2.24, 2.45) is 5.73 Å². The van der Waals surface area contributed by atoms with Crippen molar-refractivity contribution in [3.63, 3.8) is 0 Å². The minimum atomic E-state index is 0.574. The van der Waals surface area contributed by atoms with Crippen molar-refractivity contribution in [1.29, 1.82) is 0 Å². The fourth-order valence-corrected chi connectivity index (χ4v) is 2.01. The Bertz CT molecular complexity index is 637. The summed E-state index contributed by atoms with van der Waals surface area (Å²) in [6, 6.07) is 12.2. The first-order valence-corrected chi connectivity index (χ1v) is 7.45. The normalized spacial score (nSPS) is 9.86. The van der Waals surface area contributed by atoms with Crippen LogP contribution in [0.25, 0.3) is 11.3 Å². The van der Waals surface area contributed by atoms with Crippen LogP contribution in [-0.4, -0.2) is 4.98 Å². The molecule has 1 heterocycles. The van der Waals surface area contributed by atoms with E-state index < -0.39 is 0 Å². The number of hydrogen-bond donors (Lipinski definition) is 1. The van der Waals surface area contributed by atoms with Gasteiger partial charge in [-0.15, -0.1) is 0 Å². The summed E-state index contributed by atoms with van der Waals surface area (Å²) in [6.07, 6.45) is 1.79. The van der Waals surface area contributed by atoms with E-state index in [1.165, 1.54) is 11.1 Å². The van der Waals surface area contributed by atoms with Gasteiger partial charge >= 0.3 is 0 Å². The average Bonchev–Trinajstić information content (AvgIpc) is 2.48. The van der Waals surface area contributed by atoms with E-state index in [0.29, 0.717) is 11.6 Å². The van der Waals surface area contributed by atoms with Crippen molar-refractivity contribution < 1.29 is 0 Å². The molecule has 0 radical (unpaired) electrons. The van der Waals surface area contributed by atoms with Crippen LogP contribution in [0.5, 0.6) is 0 Å². The molecule has 2 rings (SSSR count). The van der Waals surface area contributed by atoms with Crippen LogP contribution in [0.2, 0.25) is 0 Å². The second-order valence-corrected chi connectivity index (χ2v) is 5.75. The lowest BCUT2D eigenvalue weighted by molar-refractivity contribution is 0.866. The van der Waals surface area contributed by atoms with Gasteiger partial charge in [-0.3, -0.25) is 4.98 Å². The summed E-state index contributed by atoms with van der Waals surface area (Å²) in [5.74, 6) is 0.574. The quantitative estimate of drug-likeness (QED) is 0.849. The van der Waals surface area contributed by atoms with Crippen molar-refractivity contribution in [2.45, 2.75) is 33.6 Å². The zero-order valence-electron chi connectivity index (χ0n) is 14.1. The third kappa shape index (κ3) is 5.21. The Morgan fingerprint density at radius 2 is 1.68 bits per heavy atom. The third-order valence-electron chi connectivity index (χ3n) is 3.36. The van der Waals surface area contributed by atoms with Gasteiger partial charge in [0, 0.05) is 11.9 Å². The van der Waals surface area contributed by atoms with Crippen LogP contribution in [0.1, 0.15) is 49.1 Å². The van der Waals surface area contributed by atoms with Crippen LogP contribution in [0, 0.1) is 6.92 Å². The molecule has 116 valence electrons. The summed E-state index contributed by atoms with van der Waals surface area (Å²) in [5, 5.41) is 0. The Morgan fingerprint density at radius 1 is 1.09 bits per heavy atom. The van der Waals surface area contributed by atoms with Gasteiger partial charge in [0.1, 0.15) is 0 Å². The molecule has 2 aromatic rings. The zero-order chi connectivity index (χ0) is 16.7. The highest BCUT2D eigenvalue weighted by Crippen LogP contribution is 2.16. The smallest absolute Gasteiger partial charge is 0.0681 e. The molecule has 2 nitrogen and oxygen atoms in total. The maximum Gasteiger partial charge on any atom is 0.0681 e. The van der Waals surface area contributed by atoms with Gasteiger partial charge in [0.15, 0.2) is 0 Å². The molecule has 0 spiro atoms. The molecule has 0 aliphatic heterocycles. The Hall–Kier alpha value is -2.35. The molecule has 1 aromatic carbocycles. The van der Waals surface area contributed by atoms with E-state index in [4.69, 9.17) is 5.73 Å². The largest absolute Gasteiger partial charge is 0.399 e. The maximum absolute atomic E-state index is 5.55. The molecule has 0 aliphatic rings. The highest BCUT2D eigenvalue weighted by atomic mass is 14.7. The van der Waals surface area contributed by atoms with Crippen LogP contribution in [0.4, 0.5) is 0 Å². The summed E-state index contributed by atoms with van der Waals surface area (Å²) in [6.45, 7) is 15.9. The van der Waals surface area contributed by atoms with E-state index in [2.05, 4.69) is 44.1 Å². The molecule has 0 saturated carbocycles. The van der Waals surface area contributed by atoms with E-state index in [9.17, 15) is 0 Å². The molecule has 1 aromatic heterocycles. The summed E-state index contributed by atoms with van der Waals surface area (Å²) in [5.41, 5.74) is 11.8. The molecule has 22 heavy (non-hydrogen) atoms. The highest BCUT2D eigenvalue weighted by Gasteiger charge is 1.98. The van der Waals surface area contributed by atoms with Crippen molar-refractivity contribution in [3.8, 4) is 0 Å². The van der Waals surface area contributed by atoms with Crippen molar-refractivity contribution >= 4 is 11.3 Å². The Balaban J connectivity index is 0.000000224. The standard InChI is InChI=1S/C11H15N.C9H11N/c1-8(2)10-4-6-11(7-5-10)9(3)12;1-7(2)9-8(3)5-4-6-10-9/h4-8H,3,12H2,1-2H3;4-6H,1H2,2-3H3. The number of nitrogens with two attached hydrogens (primary N) is 1. The lowest BCUT2D eigenvalue weighted by atomic mass is 10.0. The third-order valence-corrected chi connectivity index (χ3v) is 3.36. The van der Waals surface area contributed by atoms with Gasteiger partial charge in [-0.25, -0.2) is 0 Å². The first-order chi connectivity index (χ1) is 10.3. The van der Waals surface area contributed by atoms with Crippen molar-refractivity contribution in [1.82, 2.24) is 4.98 Å². The number of benzene rings is 1. The van der Waals surface area contributed by atoms with E-state index >= 15 is 0 Å². The Morgan fingerprint density at radius 3 is 2.05 bits per heavy atom. The molecule has 2 N–H and O–H groups in total. The molecule has 0 atom stereocenters. The number of rotatable bonds is 3. The lowest BCUT2D eigenvalue weighted by Gasteiger charge is -2.05. The second-order valence-electron chi connectivity index (χ2n) is 5.75. The number of aryl methyl sites for hydroxylation is 1. The van der Waals surface area contributed by atoms with Gasteiger partial charge in [0.05, 0.1) is 5.69 Å². The highest BCUT2D eigenvalue weighted by molar-refractivity contribution is 5.60. The first-order valence-electron chi connectivity index (χ1n) is 7.45. The van der Waals surface area contributed by atoms with Crippen LogP contribution < -0.4 is 5.73 Å². The van der Waals surface area contributed by atoms with Gasteiger partial charge in [-0.05, 0) is 48.1 Å². The topological polar surface area (TPSA) is 38.9 Å². The van der Waals surface area contributed by atoms with E-state index in [1.807, 2.05) is 38.1 Å². The van der Waals surface area contributed by atoms with E-state index in [0.717, 1.165) is 16.8 Å². The molecule has 2 heteroatoms. The number of aromatic nitrogens is 1. The predicted octanol–water partition coefficient (Wildman–Crippen LogP) is 5.16. The number of pyridine rings is 1. The Kier molecular flexibility index (Phi) is 6.58. The summed E-state index contributed by atoms with van der Waals surface area (Å²) in [7, 11) is 0. The first kappa shape index (κ1) is 17.7. The van der Waals surface area contributed by atoms with Gasteiger partial charge in [0.2, 0.25) is 0 Å². The van der Waals surface area contributed by atoms with Crippen LogP contribution in [0.3, 0.4) is 0 Å². The van der Waals surface area contributed by atoms with Crippen molar-refractivity contribution in [3.05, 3.63) is 78.1 Å². The minimum absolute atomic E-state index is 0.574. The maximum atomic E-state index is 5.55. The SMILES string of the molecule is C=C(C)c1ncccc1C.C=C(N)c1ccc(C(C)C)cc1. The zero-order valence-corrected chi connectivity index (χ0v) is 14.1. The summed E-state index contributed by atoms with van der Waals surface area (Å²) < 4.78 is 0. The molecule has 0 bridgehead atoms. The van der Waals surface area contributed by atoms with Crippen LogP contribution in [0.15, 0.2) is 55.8 Å². The molecular weight excluding hydrogens is 268 g/mol. The van der Waals surface area contributed by atoms with Gasteiger partial charge in [-0.1, -0.05) is 57.3 Å². The van der Waals surface area contributed by atoms with Gasteiger partial charge in [0.25, 0.3) is 0 Å². The molecule has 0 unspecified atom stereocenters. The minimum Gasteiger partial charge on any atom is -0.399 e. The van der Waals surface area contributed by atoms with Gasteiger partial charge < -0.3 is 5.73 Å². The number of hydrogen-bond acceptors (Lipinski definition) is 2. The van der Waals surface area contributed by atoms with E-state index in [-0.39, 0.29) is 0 Å².